The van der Waals surface area contributed by atoms with Crippen LogP contribution in [-0.4, -0.2) is 4.98 Å². The van der Waals surface area contributed by atoms with E-state index in [1.165, 1.54) is 0 Å². The predicted octanol–water partition coefficient (Wildman–Crippen LogP) is 5.77. The van der Waals surface area contributed by atoms with Crippen molar-refractivity contribution in [2.24, 2.45) is 0 Å². The summed E-state index contributed by atoms with van der Waals surface area (Å²) >= 11 is 15.9. The van der Waals surface area contributed by atoms with Crippen molar-refractivity contribution in [3.05, 3.63) is 63.4 Å². The Balaban J connectivity index is 1.86. The summed E-state index contributed by atoms with van der Waals surface area (Å²) in [6.45, 7) is 0. The molecule has 0 saturated heterocycles. The fraction of sp³-hybridized carbons (Fsp3) is 0.133. The smallest absolute Gasteiger partial charge is 0.197 e. The first kappa shape index (κ1) is 13.9. The third-order valence-electron chi connectivity index (χ3n) is 2.94. The molecule has 0 aliphatic heterocycles. The second-order valence-corrected chi connectivity index (χ2v) is 6.33. The monoisotopic (exact) mass is 369 g/mol. The molecule has 0 radical (unpaired) electrons. The molecule has 5 heteroatoms. The van der Waals surface area contributed by atoms with Gasteiger partial charge in [0.15, 0.2) is 11.5 Å². The molecule has 0 aliphatic carbocycles. The van der Waals surface area contributed by atoms with Gasteiger partial charge in [0.1, 0.15) is 5.52 Å². The molecule has 0 spiro atoms. The Morgan fingerprint density at radius 2 is 2.00 bits per heavy atom. The predicted molar refractivity (Wildman–Crippen MR) is 85.5 cm³/mol. The molecule has 2 aromatic carbocycles. The molecule has 1 unspecified atom stereocenters. The Kier molecular flexibility index (Phi) is 4.01. The third kappa shape index (κ3) is 3.00. The van der Waals surface area contributed by atoms with Crippen molar-refractivity contribution in [2.75, 3.05) is 0 Å². The summed E-state index contributed by atoms with van der Waals surface area (Å²) in [4.78, 5) is 4.43. The molecular formula is C15H10BrCl2NO. The summed E-state index contributed by atoms with van der Waals surface area (Å²) in [7, 11) is 0. The second kappa shape index (κ2) is 5.76. The zero-order valence-corrected chi connectivity index (χ0v) is 13.4. The van der Waals surface area contributed by atoms with Crippen LogP contribution in [0.2, 0.25) is 5.02 Å². The summed E-state index contributed by atoms with van der Waals surface area (Å²) in [5, 5.41) is 0.413. The van der Waals surface area contributed by atoms with E-state index in [9.17, 15) is 0 Å². The molecule has 3 aromatic rings. The normalized spacial score (nSPS) is 12.8. The number of fused-ring (bicyclic) bond motifs is 1. The van der Waals surface area contributed by atoms with Crippen molar-refractivity contribution in [1.29, 1.82) is 0 Å². The molecule has 1 aromatic heterocycles. The van der Waals surface area contributed by atoms with Crippen LogP contribution < -0.4 is 0 Å². The zero-order valence-electron chi connectivity index (χ0n) is 10.3. The van der Waals surface area contributed by atoms with Gasteiger partial charge in [-0.05, 0) is 35.9 Å². The first-order chi connectivity index (χ1) is 9.61. The number of hydrogen-bond acceptors (Lipinski definition) is 2. The first-order valence-corrected chi connectivity index (χ1v) is 7.67. The van der Waals surface area contributed by atoms with Crippen LogP contribution in [0.1, 0.15) is 16.8 Å². The zero-order chi connectivity index (χ0) is 14.1. The Morgan fingerprint density at radius 1 is 1.20 bits per heavy atom. The molecule has 1 heterocycles. The molecule has 0 fully saturated rings. The van der Waals surface area contributed by atoms with Crippen molar-refractivity contribution in [3.8, 4) is 0 Å². The molecule has 0 bridgehead atoms. The maximum atomic E-state index is 6.43. The van der Waals surface area contributed by atoms with Crippen LogP contribution in [-0.2, 0) is 6.42 Å². The summed E-state index contributed by atoms with van der Waals surface area (Å²) in [5.74, 6) is 0.627. The molecule has 20 heavy (non-hydrogen) atoms. The van der Waals surface area contributed by atoms with Crippen LogP contribution in [0.4, 0.5) is 0 Å². The fourth-order valence-corrected chi connectivity index (χ4v) is 3.18. The van der Waals surface area contributed by atoms with Crippen molar-refractivity contribution in [2.45, 2.75) is 11.8 Å². The number of para-hydroxylation sites is 2. The van der Waals surface area contributed by atoms with Crippen LogP contribution in [0.15, 0.2) is 51.4 Å². The SMILES string of the molecule is Clc1cc(Br)cc(C(Cl)Cc2nc3ccccc3o2)c1. The Morgan fingerprint density at radius 3 is 2.75 bits per heavy atom. The highest BCUT2D eigenvalue weighted by Gasteiger charge is 2.14. The minimum atomic E-state index is -0.238. The van der Waals surface area contributed by atoms with E-state index in [0.29, 0.717) is 17.3 Å². The molecule has 1 atom stereocenters. The van der Waals surface area contributed by atoms with E-state index in [2.05, 4.69) is 20.9 Å². The van der Waals surface area contributed by atoms with Gasteiger partial charge < -0.3 is 4.42 Å². The van der Waals surface area contributed by atoms with Crippen LogP contribution in [0, 0.1) is 0 Å². The highest BCUT2D eigenvalue weighted by atomic mass is 79.9. The first-order valence-electron chi connectivity index (χ1n) is 6.06. The van der Waals surface area contributed by atoms with Gasteiger partial charge in [-0.1, -0.05) is 39.7 Å². The lowest BCUT2D eigenvalue weighted by atomic mass is 10.1. The molecule has 102 valence electrons. The van der Waals surface area contributed by atoms with Crippen molar-refractivity contribution < 1.29 is 4.42 Å². The Bertz CT molecular complexity index is 703. The van der Waals surface area contributed by atoms with Crippen molar-refractivity contribution >= 4 is 50.2 Å². The van der Waals surface area contributed by atoms with E-state index in [0.717, 1.165) is 21.1 Å². The van der Waals surface area contributed by atoms with Gasteiger partial charge in [0.25, 0.3) is 0 Å². The van der Waals surface area contributed by atoms with E-state index in [1.54, 1.807) is 0 Å². The quantitative estimate of drug-likeness (QED) is 0.547. The Hall–Kier alpha value is -1.03. The maximum Gasteiger partial charge on any atom is 0.197 e. The lowest BCUT2D eigenvalue weighted by Crippen LogP contribution is -1.96. The largest absolute Gasteiger partial charge is 0.441 e. The average molecular weight is 371 g/mol. The molecular weight excluding hydrogens is 361 g/mol. The minimum absolute atomic E-state index is 0.238. The topological polar surface area (TPSA) is 26.0 Å². The fourth-order valence-electron chi connectivity index (χ4n) is 2.03. The number of alkyl halides is 1. The summed E-state index contributed by atoms with van der Waals surface area (Å²) in [6.07, 6.45) is 0.517. The number of benzene rings is 2. The van der Waals surface area contributed by atoms with Crippen molar-refractivity contribution in [3.63, 3.8) is 0 Å². The Labute approximate surface area is 134 Å². The van der Waals surface area contributed by atoms with Crippen molar-refractivity contribution in [1.82, 2.24) is 4.98 Å². The van der Waals surface area contributed by atoms with Crippen LogP contribution in [0.25, 0.3) is 11.1 Å². The highest BCUT2D eigenvalue weighted by molar-refractivity contribution is 9.10. The van der Waals surface area contributed by atoms with Gasteiger partial charge in [-0.2, -0.15) is 0 Å². The van der Waals surface area contributed by atoms with Gasteiger partial charge in [-0.3, -0.25) is 0 Å². The number of aromatic nitrogens is 1. The van der Waals surface area contributed by atoms with Gasteiger partial charge >= 0.3 is 0 Å². The lowest BCUT2D eigenvalue weighted by molar-refractivity contribution is 0.525. The average Bonchev–Trinajstić information content (AvgIpc) is 2.79. The maximum absolute atomic E-state index is 6.43. The van der Waals surface area contributed by atoms with E-state index < -0.39 is 0 Å². The minimum Gasteiger partial charge on any atom is -0.441 e. The van der Waals surface area contributed by atoms with E-state index in [1.807, 2.05) is 42.5 Å². The molecule has 2 nitrogen and oxygen atoms in total. The summed E-state index contributed by atoms with van der Waals surface area (Å²) in [5.41, 5.74) is 2.56. The molecule has 3 rings (SSSR count). The van der Waals surface area contributed by atoms with Crippen LogP contribution in [0.5, 0.6) is 0 Å². The van der Waals surface area contributed by atoms with E-state index in [-0.39, 0.29) is 5.38 Å². The van der Waals surface area contributed by atoms with Gasteiger partial charge in [-0.15, -0.1) is 11.6 Å². The van der Waals surface area contributed by atoms with Crippen LogP contribution >= 0.6 is 39.1 Å². The number of halogens is 3. The number of hydrogen-bond donors (Lipinski definition) is 0. The summed E-state index contributed by atoms with van der Waals surface area (Å²) < 4.78 is 6.59. The second-order valence-electron chi connectivity index (χ2n) is 4.45. The molecule has 0 amide bonds. The highest BCUT2D eigenvalue weighted by Crippen LogP contribution is 2.30. The summed E-state index contributed by atoms with van der Waals surface area (Å²) in [6, 6.07) is 13.3. The van der Waals surface area contributed by atoms with Gasteiger partial charge in [0.05, 0.1) is 5.38 Å². The lowest BCUT2D eigenvalue weighted by Gasteiger charge is -2.08. The third-order valence-corrected chi connectivity index (χ3v) is 4.02. The number of nitrogens with zero attached hydrogens (tertiary/aromatic N) is 1. The van der Waals surface area contributed by atoms with Gasteiger partial charge in [0, 0.05) is 15.9 Å². The van der Waals surface area contributed by atoms with E-state index >= 15 is 0 Å². The van der Waals surface area contributed by atoms with E-state index in [4.69, 9.17) is 27.6 Å². The van der Waals surface area contributed by atoms with Gasteiger partial charge in [0.2, 0.25) is 0 Å². The molecule has 0 saturated carbocycles. The number of rotatable bonds is 3. The number of oxazole rings is 1. The molecule has 0 aliphatic rings. The standard InChI is InChI=1S/C15H10BrCl2NO/c16-10-5-9(6-11(17)7-10)12(18)8-15-19-13-3-1-2-4-14(13)20-15/h1-7,12H,8H2. The molecule has 0 N–H and O–H groups in total. The van der Waals surface area contributed by atoms with Crippen LogP contribution in [0.3, 0.4) is 0 Å². The van der Waals surface area contributed by atoms with Gasteiger partial charge in [-0.25, -0.2) is 4.98 Å².